The third-order valence-corrected chi connectivity index (χ3v) is 4.57. The maximum absolute atomic E-state index is 11.4. The minimum atomic E-state index is -2.92. The van der Waals surface area contributed by atoms with E-state index >= 15 is 0 Å². The Kier molecular flexibility index (Phi) is 2.10. The summed E-state index contributed by atoms with van der Waals surface area (Å²) < 4.78 is 33.1. The highest BCUT2D eigenvalue weighted by atomic mass is 32.2. The molecule has 2 fully saturated rings. The number of ether oxygens (including phenoxy) is 2. The van der Waals surface area contributed by atoms with E-state index < -0.39 is 21.4 Å². The molecule has 2 saturated heterocycles. The summed E-state index contributed by atoms with van der Waals surface area (Å²) in [4.78, 5) is 0. The van der Waals surface area contributed by atoms with Crippen LogP contribution in [0.4, 0.5) is 0 Å². The molecular formula is C7H12O4S. The van der Waals surface area contributed by atoms with Crippen LogP contribution in [0, 0.1) is 0 Å². The lowest BCUT2D eigenvalue weighted by Gasteiger charge is -2.15. The van der Waals surface area contributed by atoms with E-state index in [1.807, 2.05) is 0 Å². The molecule has 2 aliphatic heterocycles. The molecule has 0 aromatic rings. The highest BCUT2D eigenvalue weighted by molar-refractivity contribution is 7.92. The Morgan fingerprint density at radius 2 is 1.83 bits per heavy atom. The molecule has 0 saturated carbocycles. The SMILES string of the molecule is O=S1(=O)CCCC1C1OCCO1. The minimum absolute atomic E-state index is 0.293. The van der Waals surface area contributed by atoms with Crippen molar-refractivity contribution in [1.82, 2.24) is 0 Å². The fourth-order valence-corrected chi connectivity index (χ4v) is 3.61. The van der Waals surface area contributed by atoms with E-state index in [2.05, 4.69) is 0 Å². The lowest BCUT2D eigenvalue weighted by atomic mass is 10.2. The van der Waals surface area contributed by atoms with Crippen LogP contribution >= 0.6 is 0 Å². The molecule has 4 nitrogen and oxygen atoms in total. The van der Waals surface area contributed by atoms with Crippen LogP contribution in [0.15, 0.2) is 0 Å². The predicted octanol–water partition coefficient (Wildman–Crippen LogP) is -0.0635. The summed E-state index contributed by atoms with van der Waals surface area (Å²) in [6.07, 6.45) is 0.945. The van der Waals surface area contributed by atoms with E-state index in [-0.39, 0.29) is 0 Å². The highest BCUT2D eigenvalue weighted by Crippen LogP contribution is 2.26. The standard InChI is InChI=1S/C7H12O4S/c8-12(9)5-1-2-6(12)7-10-3-4-11-7/h6-7H,1-5H2. The van der Waals surface area contributed by atoms with Gasteiger partial charge >= 0.3 is 0 Å². The first kappa shape index (κ1) is 8.47. The summed E-state index contributed by atoms with van der Waals surface area (Å²) >= 11 is 0. The van der Waals surface area contributed by atoms with E-state index in [1.165, 1.54) is 0 Å². The van der Waals surface area contributed by atoms with Crippen molar-refractivity contribution in [2.75, 3.05) is 19.0 Å². The average Bonchev–Trinajstić information content (AvgIpc) is 2.55. The van der Waals surface area contributed by atoms with Gasteiger partial charge in [0.15, 0.2) is 16.1 Å². The maximum atomic E-state index is 11.4. The first-order valence-corrected chi connectivity index (χ1v) is 5.86. The molecule has 2 rings (SSSR count). The van der Waals surface area contributed by atoms with Crippen LogP contribution in [0.2, 0.25) is 0 Å². The number of sulfone groups is 1. The Morgan fingerprint density at radius 1 is 1.17 bits per heavy atom. The highest BCUT2D eigenvalue weighted by Gasteiger charge is 2.40. The molecule has 70 valence electrons. The van der Waals surface area contributed by atoms with Gasteiger partial charge in [0, 0.05) is 0 Å². The molecule has 0 N–H and O–H groups in total. The third kappa shape index (κ3) is 1.36. The largest absolute Gasteiger partial charge is 0.349 e. The van der Waals surface area contributed by atoms with Gasteiger partial charge in [-0.15, -0.1) is 0 Å². The van der Waals surface area contributed by atoms with E-state index in [4.69, 9.17) is 9.47 Å². The van der Waals surface area contributed by atoms with E-state index in [9.17, 15) is 8.42 Å². The van der Waals surface area contributed by atoms with Crippen molar-refractivity contribution in [3.8, 4) is 0 Å². The molecule has 0 radical (unpaired) electrons. The van der Waals surface area contributed by atoms with E-state index in [0.717, 1.165) is 6.42 Å². The van der Waals surface area contributed by atoms with Crippen molar-refractivity contribution < 1.29 is 17.9 Å². The van der Waals surface area contributed by atoms with Crippen LogP contribution in [0.3, 0.4) is 0 Å². The first-order chi connectivity index (χ1) is 5.70. The summed E-state index contributed by atoms with van der Waals surface area (Å²) in [6, 6.07) is 0. The van der Waals surface area contributed by atoms with E-state index in [1.54, 1.807) is 0 Å². The second-order valence-corrected chi connectivity index (χ2v) is 5.50. The summed E-state index contributed by atoms with van der Waals surface area (Å²) in [7, 11) is -2.92. The van der Waals surface area contributed by atoms with Crippen molar-refractivity contribution in [2.24, 2.45) is 0 Å². The fraction of sp³-hybridized carbons (Fsp3) is 1.00. The number of rotatable bonds is 1. The summed E-state index contributed by atoms with van der Waals surface area (Å²) in [5, 5.41) is -0.403. The van der Waals surface area contributed by atoms with Crippen LogP contribution in [0.5, 0.6) is 0 Å². The normalized spacial score (nSPS) is 35.8. The van der Waals surface area contributed by atoms with Crippen molar-refractivity contribution >= 4 is 9.84 Å². The molecule has 12 heavy (non-hydrogen) atoms. The van der Waals surface area contributed by atoms with Crippen LogP contribution in [0.25, 0.3) is 0 Å². The smallest absolute Gasteiger partial charge is 0.174 e. The predicted molar refractivity (Wildman–Crippen MR) is 42.5 cm³/mol. The first-order valence-electron chi connectivity index (χ1n) is 4.15. The van der Waals surface area contributed by atoms with Crippen molar-refractivity contribution in [1.29, 1.82) is 0 Å². The quantitative estimate of drug-likeness (QED) is 0.584. The van der Waals surface area contributed by atoms with Gasteiger partial charge in [-0.25, -0.2) is 8.42 Å². The Morgan fingerprint density at radius 3 is 2.33 bits per heavy atom. The van der Waals surface area contributed by atoms with Crippen molar-refractivity contribution in [2.45, 2.75) is 24.4 Å². The summed E-state index contributed by atoms with van der Waals surface area (Å²) in [5.74, 6) is 0.293. The van der Waals surface area contributed by atoms with Gasteiger partial charge in [0.25, 0.3) is 0 Å². The van der Waals surface area contributed by atoms with Gasteiger partial charge in [-0.3, -0.25) is 0 Å². The van der Waals surface area contributed by atoms with Gasteiger partial charge in [-0.1, -0.05) is 0 Å². The Hall–Kier alpha value is -0.130. The monoisotopic (exact) mass is 192 g/mol. The zero-order valence-electron chi connectivity index (χ0n) is 6.73. The molecule has 1 atom stereocenters. The number of hydrogen-bond acceptors (Lipinski definition) is 4. The molecule has 0 amide bonds. The van der Waals surface area contributed by atoms with Gasteiger partial charge < -0.3 is 9.47 Å². The maximum Gasteiger partial charge on any atom is 0.174 e. The van der Waals surface area contributed by atoms with Crippen molar-refractivity contribution in [3.05, 3.63) is 0 Å². The van der Waals surface area contributed by atoms with Crippen LogP contribution < -0.4 is 0 Å². The number of hydrogen-bond donors (Lipinski definition) is 0. The van der Waals surface area contributed by atoms with Gasteiger partial charge in [-0.05, 0) is 12.8 Å². The Balaban J connectivity index is 2.12. The van der Waals surface area contributed by atoms with Crippen LogP contribution in [0.1, 0.15) is 12.8 Å². The molecule has 2 aliphatic rings. The molecule has 5 heteroatoms. The molecule has 1 unspecified atom stereocenters. The fourth-order valence-electron chi connectivity index (χ4n) is 1.71. The average molecular weight is 192 g/mol. The second kappa shape index (κ2) is 2.97. The molecule has 2 heterocycles. The molecule has 0 aromatic carbocycles. The topological polar surface area (TPSA) is 52.6 Å². The van der Waals surface area contributed by atoms with Gasteiger partial charge in [-0.2, -0.15) is 0 Å². The molecule has 0 aromatic heterocycles. The molecule has 0 aliphatic carbocycles. The van der Waals surface area contributed by atoms with Crippen molar-refractivity contribution in [3.63, 3.8) is 0 Å². The summed E-state index contributed by atoms with van der Waals surface area (Å²) in [5.41, 5.74) is 0. The molecule has 0 spiro atoms. The Bertz CT molecular complexity index is 253. The summed E-state index contributed by atoms with van der Waals surface area (Å²) in [6.45, 7) is 1.05. The Labute approximate surface area is 71.8 Å². The van der Waals surface area contributed by atoms with Crippen LogP contribution in [-0.4, -0.2) is 38.9 Å². The minimum Gasteiger partial charge on any atom is -0.349 e. The van der Waals surface area contributed by atoms with E-state index in [0.29, 0.717) is 25.4 Å². The molecule has 0 bridgehead atoms. The lowest BCUT2D eigenvalue weighted by molar-refractivity contribution is -0.0432. The van der Waals surface area contributed by atoms with Gasteiger partial charge in [0.2, 0.25) is 0 Å². The van der Waals surface area contributed by atoms with Gasteiger partial charge in [0.1, 0.15) is 5.25 Å². The van der Waals surface area contributed by atoms with Gasteiger partial charge in [0.05, 0.1) is 19.0 Å². The van der Waals surface area contributed by atoms with Crippen LogP contribution in [-0.2, 0) is 19.3 Å². The molecular weight excluding hydrogens is 180 g/mol. The lowest BCUT2D eigenvalue weighted by Crippen LogP contribution is -2.31. The third-order valence-electron chi connectivity index (χ3n) is 2.33. The zero-order chi connectivity index (χ0) is 8.60. The zero-order valence-corrected chi connectivity index (χ0v) is 7.55. The second-order valence-electron chi connectivity index (χ2n) is 3.16.